The number of primary amides is 1. The zero-order valence-electron chi connectivity index (χ0n) is 10.4. The van der Waals surface area contributed by atoms with E-state index in [2.05, 4.69) is 33.0 Å². The van der Waals surface area contributed by atoms with Crippen molar-refractivity contribution in [1.82, 2.24) is 5.32 Å². The Balaban J connectivity index is 2.69. The van der Waals surface area contributed by atoms with Crippen LogP contribution in [0.1, 0.15) is 47.0 Å². The van der Waals surface area contributed by atoms with E-state index in [1.165, 1.54) is 0 Å². The molecule has 1 amide bonds. The van der Waals surface area contributed by atoms with Crippen LogP contribution >= 0.6 is 0 Å². The van der Waals surface area contributed by atoms with Crippen LogP contribution in [0.5, 0.6) is 0 Å². The summed E-state index contributed by atoms with van der Waals surface area (Å²) in [4.78, 5) is 11.6. The molecule has 1 aliphatic carbocycles. The Labute approximate surface area is 92.8 Å². The molecule has 1 unspecified atom stereocenters. The summed E-state index contributed by atoms with van der Waals surface area (Å²) < 4.78 is 0. The van der Waals surface area contributed by atoms with E-state index in [0.29, 0.717) is 5.92 Å². The van der Waals surface area contributed by atoms with Crippen LogP contribution in [0.25, 0.3) is 0 Å². The second-order valence-electron chi connectivity index (χ2n) is 6.06. The molecule has 0 saturated heterocycles. The number of hydrogen-bond donors (Lipinski definition) is 2. The topological polar surface area (TPSA) is 55.1 Å². The first-order valence-corrected chi connectivity index (χ1v) is 5.82. The van der Waals surface area contributed by atoms with Gasteiger partial charge >= 0.3 is 0 Å². The van der Waals surface area contributed by atoms with E-state index in [9.17, 15) is 4.79 Å². The Kier molecular flexibility index (Phi) is 3.44. The Morgan fingerprint density at radius 3 is 2.33 bits per heavy atom. The van der Waals surface area contributed by atoms with Crippen LogP contribution in [0.15, 0.2) is 0 Å². The summed E-state index contributed by atoms with van der Waals surface area (Å²) in [6.45, 7) is 9.55. The first-order valence-electron chi connectivity index (χ1n) is 5.82. The van der Waals surface area contributed by atoms with Gasteiger partial charge in [0.05, 0.1) is 5.54 Å². The van der Waals surface area contributed by atoms with Gasteiger partial charge in [-0.2, -0.15) is 0 Å². The Morgan fingerprint density at radius 2 is 2.00 bits per heavy atom. The van der Waals surface area contributed by atoms with E-state index in [1.54, 1.807) is 0 Å². The molecule has 0 aliphatic heterocycles. The molecule has 1 rings (SSSR count). The van der Waals surface area contributed by atoms with Gasteiger partial charge in [0.1, 0.15) is 0 Å². The fourth-order valence-corrected chi connectivity index (χ4v) is 2.39. The van der Waals surface area contributed by atoms with Gasteiger partial charge in [0.15, 0.2) is 0 Å². The summed E-state index contributed by atoms with van der Waals surface area (Å²) in [6, 6.07) is 0. The molecule has 3 nitrogen and oxygen atoms in total. The van der Waals surface area contributed by atoms with E-state index < -0.39 is 5.54 Å². The normalized spacial score (nSPS) is 29.7. The van der Waals surface area contributed by atoms with Crippen molar-refractivity contribution in [3.05, 3.63) is 0 Å². The molecule has 15 heavy (non-hydrogen) atoms. The maximum Gasteiger partial charge on any atom is 0.237 e. The molecule has 0 spiro atoms. The predicted molar refractivity (Wildman–Crippen MR) is 62.4 cm³/mol. The lowest BCUT2D eigenvalue weighted by molar-refractivity contribution is -0.124. The van der Waals surface area contributed by atoms with Crippen molar-refractivity contribution in [3.63, 3.8) is 0 Å². The molecule has 0 aromatic carbocycles. The summed E-state index contributed by atoms with van der Waals surface area (Å²) in [6.07, 6.45) is 2.81. The van der Waals surface area contributed by atoms with Gasteiger partial charge in [-0.05, 0) is 37.1 Å². The third-order valence-corrected chi connectivity index (χ3v) is 3.33. The Hall–Kier alpha value is -0.570. The number of nitrogens with two attached hydrogens (primary N) is 1. The van der Waals surface area contributed by atoms with Gasteiger partial charge < -0.3 is 11.1 Å². The number of carbonyl (C=O) groups excluding carboxylic acids is 1. The number of rotatable bonds is 4. The third kappa shape index (κ3) is 2.94. The summed E-state index contributed by atoms with van der Waals surface area (Å²) in [5.74, 6) is 0.360. The van der Waals surface area contributed by atoms with E-state index in [-0.39, 0.29) is 11.3 Å². The number of nitrogens with one attached hydrogen (secondary N) is 1. The van der Waals surface area contributed by atoms with Crippen LogP contribution in [0.4, 0.5) is 0 Å². The molecular weight excluding hydrogens is 188 g/mol. The van der Waals surface area contributed by atoms with E-state index in [0.717, 1.165) is 25.8 Å². The molecule has 3 heteroatoms. The second-order valence-corrected chi connectivity index (χ2v) is 6.06. The SMILES string of the molecule is CC(C)CNC1(C(N)=O)CCC(C)(C)C1. The third-order valence-electron chi connectivity index (χ3n) is 3.33. The van der Waals surface area contributed by atoms with Gasteiger partial charge in [-0.15, -0.1) is 0 Å². The van der Waals surface area contributed by atoms with E-state index >= 15 is 0 Å². The van der Waals surface area contributed by atoms with Crippen LogP contribution in [-0.2, 0) is 4.79 Å². The minimum absolute atomic E-state index is 0.186. The summed E-state index contributed by atoms with van der Waals surface area (Å²) in [7, 11) is 0. The van der Waals surface area contributed by atoms with Crippen LogP contribution < -0.4 is 11.1 Å². The van der Waals surface area contributed by atoms with Crippen LogP contribution in [0.3, 0.4) is 0 Å². The average molecular weight is 212 g/mol. The molecule has 1 aliphatic rings. The Bertz CT molecular complexity index is 248. The lowest BCUT2D eigenvalue weighted by Crippen LogP contribution is -2.55. The van der Waals surface area contributed by atoms with Crippen molar-refractivity contribution in [2.75, 3.05) is 6.54 Å². The van der Waals surface area contributed by atoms with E-state index in [4.69, 9.17) is 5.73 Å². The predicted octanol–water partition coefficient (Wildman–Crippen LogP) is 1.67. The lowest BCUT2D eigenvalue weighted by Gasteiger charge is -2.29. The summed E-state index contributed by atoms with van der Waals surface area (Å²) in [5, 5.41) is 3.38. The van der Waals surface area contributed by atoms with Crippen molar-refractivity contribution < 1.29 is 4.79 Å². The molecule has 0 heterocycles. The molecule has 0 bridgehead atoms. The highest BCUT2D eigenvalue weighted by Crippen LogP contribution is 2.43. The lowest BCUT2D eigenvalue weighted by atomic mass is 9.87. The number of hydrogen-bond acceptors (Lipinski definition) is 2. The summed E-state index contributed by atoms with van der Waals surface area (Å²) >= 11 is 0. The van der Waals surface area contributed by atoms with Crippen molar-refractivity contribution in [1.29, 1.82) is 0 Å². The largest absolute Gasteiger partial charge is 0.368 e. The number of carbonyl (C=O) groups is 1. The van der Waals surface area contributed by atoms with Gasteiger partial charge in [0, 0.05) is 0 Å². The zero-order valence-corrected chi connectivity index (χ0v) is 10.4. The smallest absolute Gasteiger partial charge is 0.237 e. The van der Waals surface area contributed by atoms with E-state index in [1.807, 2.05) is 0 Å². The van der Waals surface area contributed by atoms with Gasteiger partial charge in [-0.1, -0.05) is 27.7 Å². The van der Waals surface area contributed by atoms with Crippen molar-refractivity contribution in [2.24, 2.45) is 17.1 Å². The highest BCUT2D eigenvalue weighted by atomic mass is 16.1. The maximum absolute atomic E-state index is 11.6. The highest BCUT2D eigenvalue weighted by Gasteiger charge is 2.46. The van der Waals surface area contributed by atoms with Gasteiger partial charge in [-0.3, -0.25) is 4.79 Å². The zero-order chi connectivity index (χ0) is 11.7. The molecule has 1 fully saturated rings. The molecule has 0 aromatic rings. The molecule has 1 saturated carbocycles. The summed E-state index contributed by atoms with van der Waals surface area (Å²) in [5.41, 5.74) is 5.32. The molecule has 0 radical (unpaired) electrons. The van der Waals surface area contributed by atoms with Crippen LogP contribution in [0.2, 0.25) is 0 Å². The molecule has 1 atom stereocenters. The molecule has 0 aromatic heterocycles. The van der Waals surface area contributed by atoms with Gasteiger partial charge in [0.2, 0.25) is 5.91 Å². The van der Waals surface area contributed by atoms with Crippen LogP contribution in [0, 0.1) is 11.3 Å². The van der Waals surface area contributed by atoms with Crippen molar-refractivity contribution in [2.45, 2.75) is 52.5 Å². The molecule has 88 valence electrons. The highest BCUT2D eigenvalue weighted by molar-refractivity contribution is 5.85. The maximum atomic E-state index is 11.6. The quantitative estimate of drug-likeness (QED) is 0.744. The molecule has 3 N–H and O–H groups in total. The second kappa shape index (κ2) is 4.12. The first-order chi connectivity index (χ1) is 6.77. The number of amides is 1. The monoisotopic (exact) mass is 212 g/mol. The van der Waals surface area contributed by atoms with Gasteiger partial charge in [-0.25, -0.2) is 0 Å². The first kappa shape index (κ1) is 12.5. The Morgan fingerprint density at radius 1 is 1.40 bits per heavy atom. The fourth-order valence-electron chi connectivity index (χ4n) is 2.39. The standard InChI is InChI=1S/C12H24N2O/c1-9(2)7-14-12(10(13)15)6-5-11(3,4)8-12/h9,14H,5-8H2,1-4H3,(H2,13,15). The van der Waals surface area contributed by atoms with Crippen molar-refractivity contribution in [3.8, 4) is 0 Å². The van der Waals surface area contributed by atoms with Gasteiger partial charge in [0.25, 0.3) is 0 Å². The minimum Gasteiger partial charge on any atom is -0.368 e. The minimum atomic E-state index is -0.451. The van der Waals surface area contributed by atoms with Crippen molar-refractivity contribution >= 4 is 5.91 Å². The molecular formula is C12H24N2O. The fraction of sp³-hybridized carbons (Fsp3) is 0.917. The average Bonchev–Trinajstić information content (AvgIpc) is 2.40. The van der Waals surface area contributed by atoms with Crippen LogP contribution in [-0.4, -0.2) is 18.0 Å².